The standard InChI is InChI=1S/C14H16N2O2S/c1-10-5-2-3-6-11(10)16-14(18)15-9-12(17)13-7-4-8-19-13/h2-8,12,17H,9H2,1H3,(H2,15,16,18). The molecule has 2 rings (SSSR count). The number of carbonyl (C=O) groups excluding carboxylic acids is 1. The monoisotopic (exact) mass is 276 g/mol. The Kier molecular flexibility index (Phi) is 4.54. The van der Waals surface area contributed by atoms with Crippen molar-refractivity contribution in [3.63, 3.8) is 0 Å². The first-order valence-corrected chi connectivity index (χ1v) is 6.86. The lowest BCUT2D eigenvalue weighted by Crippen LogP contribution is -2.32. The third kappa shape index (κ3) is 3.81. The molecule has 2 amide bonds. The number of thiophene rings is 1. The van der Waals surface area contributed by atoms with E-state index in [1.54, 1.807) is 0 Å². The largest absolute Gasteiger partial charge is 0.386 e. The molecule has 0 radical (unpaired) electrons. The molecule has 3 N–H and O–H groups in total. The topological polar surface area (TPSA) is 61.4 Å². The summed E-state index contributed by atoms with van der Waals surface area (Å²) in [7, 11) is 0. The van der Waals surface area contributed by atoms with E-state index >= 15 is 0 Å². The van der Waals surface area contributed by atoms with Gasteiger partial charge in [-0.3, -0.25) is 0 Å². The summed E-state index contributed by atoms with van der Waals surface area (Å²) in [5.41, 5.74) is 1.77. The minimum absolute atomic E-state index is 0.193. The number of aliphatic hydroxyl groups excluding tert-OH is 1. The van der Waals surface area contributed by atoms with E-state index in [1.165, 1.54) is 11.3 Å². The zero-order chi connectivity index (χ0) is 13.7. The number of hydrogen-bond donors (Lipinski definition) is 3. The summed E-state index contributed by atoms with van der Waals surface area (Å²) in [5.74, 6) is 0. The third-order valence-electron chi connectivity index (χ3n) is 2.72. The van der Waals surface area contributed by atoms with Gasteiger partial charge in [-0.1, -0.05) is 24.3 Å². The molecule has 0 bridgehead atoms. The first kappa shape index (κ1) is 13.6. The zero-order valence-electron chi connectivity index (χ0n) is 10.6. The molecule has 1 aromatic heterocycles. The summed E-state index contributed by atoms with van der Waals surface area (Å²) in [6.07, 6.45) is -0.664. The number of anilines is 1. The van der Waals surface area contributed by atoms with E-state index in [1.807, 2.05) is 48.7 Å². The van der Waals surface area contributed by atoms with Gasteiger partial charge in [0.25, 0.3) is 0 Å². The molecule has 5 heteroatoms. The van der Waals surface area contributed by atoms with Crippen molar-refractivity contribution < 1.29 is 9.90 Å². The van der Waals surface area contributed by atoms with E-state index in [0.29, 0.717) is 0 Å². The third-order valence-corrected chi connectivity index (χ3v) is 3.69. The predicted octanol–water partition coefficient (Wildman–Crippen LogP) is 2.91. The minimum atomic E-state index is -0.664. The Balaban J connectivity index is 1.84. The van der Waals surface area contributed by atoms with Crippen LogP contribution in [-0.2, 0) is 0 Å². The molecule has 19 heavy (non-hydrogen) atoms. The minimum Gasteiger partial charge on any atom is -0.386 e. The molecule has 1 heterocycles. The summed E-state index contributed by atoms with van der Waals surface area (Å²) >= 11 is 1.47. The van der Waals surface area contributed by atoms with Crippen LogP contribution >= 0.6 is 11.3 Å². The van der Waals surface area contributed by atoms with Gasteiger partial charge in [-0.15, -0.1) is 11.3 Å². The van der Waals surface area contributed by atoms with Gasteiger partial charge in [-0.25, -0.2) is 4.79 Å². The van der Waals surface area contributed by atoms with E-state index < -0.39 is 6.10 Å². The lowest BCUT2D eigenvalue weighted by molar-refractivity contribution is 0.178. The lowest BCUT2D eigenvalue weighted by atomic mass is 10.2. The molecule has 0 saturated carbocycles. The van der Waals surface area contributed by atoms with Gasteiger partial charge < -0.3 is 15.7 Å². The first-order valence-electron chi connectivity index (χ1n) is 5.99. The maximum absolute atomic E-state index is 11.7. The van der Waals surface area contributed by atoms with Gasteiger partial charge in [0.15, 0.2) is 0 Å². The van der Waals surface area contributed by atoms with Gasteiger partial charge in [0.05, 0.1) is 6.54 Å². The number of para-hydroxylation sites is 1. The smallest absolute Gasteiger partial charge is 0.319 e. The molecule has 0 aliphatic rings. The maximum Gasteiger partial charge on any atom is 0.319 e. The van der Waals surface area contributed by atoms with Crippen LogP contribution in [0.1, 0.15) is 16.5 Å². The number of amides is 2. The van der Waals surface area contributed by atoms with Crippen LogP contribution in [-0.4, -0.2) is 17.7 Å². The van der Waals surface area contributed by atoms with Crippen molar-refractivity contribution in [3.8, 4) is 0 Å². The average molecular weight is 276 g/mol. The number of carbonyl (C=O) groups is 1. The Morgan fingerprint density at radius 2 is 2.11 bits per heavy atom. The quantitative estimate of drug-likeness (QED) is 0.804. The van der Waals surface area contributed by atoms with Gasteiger partial charge in [0.1, 0.15) is 6.10 Å². The van der Waals surface area contributed by atoms with E-state index in [-0.39, 0.29) is 12.6 Å². The molecule has 0 fully saturated rings. The van der Waals surface area contributed by atoms with Crippen LogP contribution in [0.5, 0.6) is 0 Å². The fourth-order valence-electron chi connectivity index (χ4n) is 1.65. The molecule has 0 aliphatic heterocycles. The van der Waals surface area contributed by atoms with E-state index in [2.05, 4.69) is 10.6 Å². The molecule has 1 atom stereocenters. The van der Waals surface area contributed by atoms with E-state index in [9.17, 15) is 9.90 Å². The molecule has 0 spiro atoms. The van der Waals surface area contributed by atoms with Crippen LogP contribution < -0.4 is 10.6 Å². The van der Waals surface area contributed by atoms with Crippen LogP contribution in [0.3, 0.4) is 0 Å². The molecule has 0 aliphatic carbocycles. The SMILES string of the molecule is Cc1ccccc1NC(=O)NCC(O)c1cccs1. The first-order chi connectivity index (χ1) is 9.16. The molecule has 100 valence electrons. The predicted molar refractivity (Wildman–Crippen MR) is 77.5 cm³/mol. The molecular weight excluding hydrogens is 260 g/mol. The summed E-state index contributed by atoms with van der Waals surface area (Å²) in [5, 5.41) is 17.1. The molecular formula is C14H16N2O2S. The number of aliphatic hydroxyl groups is 1. The second-order valence-corrected chi connectivity index (χ2v) is 5.16. The van der Waals surface area contributed by atoms with Crippen molar-refractivity contribution in [2.24, 2.45) is 0 Å². The Bertz CT molecular complexity index is 540. The number of rotatable bonds is 4. The van der Waals surface area contributed by atoms with Gasteiger partial charge in [0, 0.05) is 10.6 Å². The average Bonchev–Trinajstić information content (AvgIpc) is 2.93. The highest BCUT2D eigenvalue weighted by atomic mass is 32.1. The zero-order valence-corrected chi connectivity index (χ0v) is 11.4. The Hall–Kier alpha value is -1.85. The maximum atomic E-state index is 11.7. The van der Waals surface area contributed by atoms with Crippen LogP contribution in [0.25, 0.3) is 0 Å². The van der Waals surface area contributed by atoms with Crippen LogP contribution in [0.2, 0.25) is 0 Å². The number of hydrogen-bond acceptors (Lipinski definition) is 3. The molecule has 1 unspecified atom stereocenters. The van der Waals surface area contributed by atoms with Gasteiger partial charge >= 0.3 is 6.03 Å². The van der Waals surface area contributed by atoms with Crippen molar-refractivity contribution in [2.45, 2.75) is 13.0 Å². The highest BCUT2D eigenvalue weighted by molar-refractivity contribution is 7.10. The molecule has 1 aromatic carbocycles. The highest BCUT2D eigenvalue weighted by Gasteiger charge is 2.10. The number of urea groups is 1. The second kappa shape index (κ2) is 6.36. The van der Waals surface area contributed by atoms with Crippen LogP contribution in [0.4, 0.5) is 10.5 Å². The molecule has 0 saturated heterocycles. The van der Waals surface area contributed by atoms with Crippen molar-refractivity contribution in [3.05, 3.63) is 52.2 Å². The van der Waals surface area contributed by atoms with Gasteiger partial charge in [0.2, 0.25) is 0 Å². The van der Waals surface area contributed by atoms with E-state index in [0.717, 1.165) is 16.1 Å². The normalized spacial score (nSPS) is 11.9. The fourth-order valence-corrected chi connectivity index (χ4v) is 2.36. The van der Waals surface area contributed by atoms with Crippen molar-refractivity contribution >= 4 is 23.1 Å². The highest BCUT2D eigenvalue weighted by Crippen LogP contribution is 2.18. The van der Waals surface area contributed by atoms with Gasteiger partial charge in [-0.05, 0) is 30.0 Å². The second-order valence-electron chi connectivity index (χ2n) is 4.18. The Labute approximate surface area is 116 Å². The van der Waals surface area contributed by atoms with E-state index in [4.69, 9.17) is 0 Å². The summed E-state index contributed by atoms with van der Waals surface area (Å²) in [6.45, 7) is 2.12. The van der Waals surface area contributed by atoms with Crippen molar-refractivity contribution in [1.82, 2.24) is 5.32 Å². The summed E-state index contributed by atoms with van der Waals surface area (Å²) in [4.78, 5) is 12.6. The van der Waals surface area contributed by atoms with Crippen LogP contribution in [0, 0.1) is 6.92 Å². The van der Waals surface area contributed by atoms with Crippen molar-refractivity contribution in [1.29, 1.82) is 0 Å². The summed E-state index contributed by atoms with van der Waals surface area (Å²) < 4.78 is 0. The van der Waals surface area contributed by atoms with Gasteiger partial charge in [-0.2, -0.15) is 0 Å². The fraction of sp³-hybridized carbons (Fsp3) is 0.214. The van der Waals surface area contributed by atoms with Crippen molar-refractivity contribution in [2.75, 3.05) is 11.9 Å². The molecule has 2 aromatic rings. The van der Waals surface area contributed by atoms with Crippen LogP contribution in [0.15, 0.2) is 41.8 Å². The summed E-state index contributed by atoms with van der Waals surface area (Å²) in [6, 6.07) is 10.9. The Morgan fingerprint density at radius 3 is 2.79 bits per heavy atom. The number of benzene rings is 1. The Morgan fingerprint density at radius 1 is 1.32 bits per heavy atom. The molecule has 4 nitrogen and oxygen atoms in total. The number of nitrogens with one attached hydrogen (secondary N) is 2. The lowest BCUT2D eigenvalue weighted by Gasteiger charge is -2.12. The number of aryl methyl sites for hydroxylation is 1.